The van der Waals surface area contributed by atoms with E-state index >= 15 is 0 Å². The Balaban J connectivity index is 2.25. The van der Waals surface area contributed by atoms with Crippen molar-refractivity contribution in [1.29, 1.82) is 0 Å². The highest BCUT2D eigenvalue weighted by atomic mass is 28.3. The maximum atomic E-state index is 3.70. The summed E-state index contributed by atoms with van der Waals surface area (Å²) in [7, 11) is -1.29. The van der Waals surface area contributed by atoms with E-state index in [4.69, 9.17) is 0 Å². The Morgan fingerprint density at radius 2 is 1.68 bits per heavy atom. The van der Waals surface area contributed by atoms with Gasteiger partial charge in [0.2, 0.25) is 0 Å². The molecular weight excluding hydrogens is 244 g/mol. The van der Waals surface area contributed by atoms with Gasteiger partial charge in [-0.25, -0.2) is 0 Å². The number of allylic oxidation sites excluding steroid dienone is 1. The van der Waals surface area contributed by atoms with E-state index in [9.17, 15) is 0 Å². The minimum absolute atomic E-state index is 1.12. The molecule has 1 aromatic rings. The SMILES string of the molecule is CC[Si](C#CC1=Cc2ccccc2CC1)(CC)CC. The third-order valence-corrected chi connectivity index (χ3v) is 9.28. The van der Waals surface area contributed by atoms with Crippen LogP contribution in [-0.2, 0) is 6.42 Å². The van der Waals surface area contributed by atoms with Crippen LogP contribution in [0.25, 0.3) is 6.08 Å². The Labute approximate surface area is 118 Å². The quantitative estimate of drug-likeness (QED) is 0.530. The van der Waals surface area contributed by atoms with Crippen molar-refractivity contribution in [2.45, 2.75) is 51.7 Å². The largest absolute Gasteiger partial charge is 0.138 e. The zero-order valence-corrected chi connectivity index (χ0v) is 13.4. The molecule has 0 aliphatic heterocycles. The van der Waals surface area contributed by atoms with Gasteiger partial charge in [-0.2, -0.15) is 0 Å². The predicted octanol–water partition coefficient (Wildman–Crippen LogP) is 5.07. The molecule has 1 heteroatoms. The van der Waals surface area contributed by atoms with E-state index in [2.05, 4.69) is 62.6 Å². The lowest BCUT2D eigenvalue weighted by molar-refractivity contribution is 0.957. The Kier molecular flexibility index (Phi) is 4.66. The highest BCUT2D eigenvalue weighted by Gasteiger charge is 2.24. The van der Waals surface area contributed by atoms with Crippen molar-refractivity contribution in [3.8, 4) is 11.5 Å². The average Bonchev–Trinajstić information content (AvgIpc) is 2.49. The van der Waals surface area contributed by atoms with Crippen molar-refractivity contribution in [2.24, 2.45) is 0 Å². The lowest BCUT2D eigenvalue weighted by atomic mass is 9.93. The molecule has 0 bridgehead atoms. The first-order chi connectivity index (χ1) is 9.23. The number of hydrogen-bond acceptors (Lipinski definition) is 0. The lowest BCUT2D eigenvalue weighted by Crippen LogP contribution is -2.29. The predicted molar refractivity (Wildman–Crippen MR) is 87.7 cm³/mol. The van der Waals surface area contributed by atoms with Crippen LogP contribution in [-0.4, -0.2) is 8.07 Å². The summed E-state index contributed by atoms with van der Waals surface area (Å²) in [5.41, 5.74) is 7.88. The molecule has 0 fully saturated rings. The fourth-order valence-electron chi connectivity index (χ4n) is 2.76. The van der Waals surface area contributed by atoms with Crippen molar-refractivity contribution < 1.29 is 0 Å². The van der Waals surface area contributed by atoms with Crippen molar-refractivity contribution >= 4 is 14.1 Å². The van der Waals surface area contributed by atoms with E-state index in [1.807, 2.05) is 0 Å². The van der Waals surface area contributed by atoms with Crippen LogP contribution in [0.2, 0.25) is 18.1 Å². The minimum Gasteiger partial charge on any atom is -0.126 e. The van der Waals surface area contributed by atoms with Gasteiger partial charge in [-0.05, 0) is 48.2 Å². The summed E-state index contributed by atoms with van der Waals surface area (Å²) in [5.74, 6) is 3.53. The Bertz CT molecular complexity index is 516. The van der Waals surface area contributed by atoms with Gasteiger partial charge in [-0.1, -0.05) is 51.0 Å². The van der Waals surface area contributed by atoms with Crippen molar-refractivity contribution in [3.05, 3.63) is 41.0 Å². The molecule has 0 radical (unpaired) electrons. The van der Waals surface area contributed by atoms with Crippen LogP contribution in [0.3, 0.4) is 0 Å². The van der Waals surface area contributed by atoms with Crippen LogP contribution in [0.1, 0.15) is 38.3 Å². The topological polar surface area (TPSA) is 0 Å². The van der Waals surface area contributed by atoms with Crippen LogP contribution < -0.4 is 0 Å². The monoisotopic (exact) mass is 268 g/mol. The number of benzene rings is 1. The molecule has 0 nitrogen and oxygen atoms in total. The maximum absolute atomic E-state index is 3.70. The average molecular weight is 268 g/mol. The summed E-state index contributed by atoms with van der Waals surface area (Å²) < 4.78 is 0. The van der Waals surface area contributed by atoms with Gasteiger partial charge in [0.1, 0.15) is 8.07 Å². The fourth-order valence-corrected chi connectivity index (χ4v) is 5.21. The molecular formula is C18H24Si. The van der Waals surface area contributed by atoms with E-state index in [1.165, 1.54) is 34.8 Å². The van der Waals surface area contributed by atoms with Gasteiger partial charge in [-0.3, -0.25) is 0 Å². The first-order valence-corrected chi connectivity index (χ1v) is 10.2. The summed E-state index contributed by atoms with van der Waals surface area (Å²) in [6.45, 7) is 6.95. The summed E-state index contributed by atoms with van der Waals surface area (Å²) in [4.78, 5) is 0. The van der Waals surface area contributed by atoms with E-state index in [1.54, 1.807) is 0 Å². The van der Waals surface area contributed by atoms with Gasteiger partial charge in [0.25, 0.3) is 0 Å². The molecule has 0 saturated carbocycles. The molecule has 0 N–H and O–H groups in total. The van der Waals surface area contributed by atoms with Gasteiger partial charge in [-0.15, -0.1) is 5.54 Å². The molecule has 0 unspecified atom stereocenters. The minimum atomic E-state index is -1.29. The normalized spacial score (nSPS) is 14.2. The van der Waals surface area contributed by atoms with Crippen LogP contribution in [0.5, 0.6) is 0 Å². The Morgan fingerprint density at radius 3 is 2.37 bits per heavy atom. The van der Waals surface area contributed by atoms with E-state index in [-0.39, 0.29) is 0 Å². The first-order valence-electron chi connectivity index (χ1n) is 7.54. The van der Waals surface area contributed by atoms with Crippen LogP contribution in [0.4, 0.5) is 0 Å². The number of aryl methyl sites for hydroxylation is 1. The third kappa shape index (κ3) is 3.19. The second-order valence-electron chi connectivity index (χ2n) is 5.46. The molecule has 0 aromatic heterocycles. The number of fused-ring (bicyclic) bond motifs is 1. The van der Waals surface area contributed by atoms with Crippen LogP contribution in [0.15, 0.2) is 29.8 Å². The number of hydrogen-bond donors (Lipinski definition) is 0. The van der Waals surface area contributed by atoms with Gasteiger partial charge in [0, 0.05) is 5.57 Å². The van der Waals surface area contributed by atoms with Gasteiger partial charge in [0.05, 0.1) is 0 Å². The highest BCUT2D eigenvalue weighted by Crippen LogP contribution is 2.24. The van der Waals surface area contributed by atoms with Crippen molar-refractivity contribution in [2.75, 3.05) is 0 Å². The zero-order valence-electron chi connectivity index (χ0n) is 12.4. The van der Waals surface area contributed by atoms with E-state index in [0.29, 0.717) is 0 Å². The summed E-state index contributed by atoms with van der Waals surface area (Å²) in [6, 6.07) is 12.6. The van der Waals surface area contributed by atoms with E-state index < -0.39 is 8.07 Å². The second-order valence-corrected chi connectivity index (χ2v) is 10.4. The zero-order chi connectivity index (χ0) is 13.7. The second kappa shape index (κ2) is 6.26. The summed E-state index contributed by atoms with van der Waals surface area (Å²) >= 11 is 0. The summed E-state index contributed by atoms with van der Waals surface area (Å²) in [5, 5.41) is 0. The standard InChI is InChI=1S/C18H24Si/c1-4-19(5-2,6-3)14-13-16-11-12-17-9-7-8-10-18(17)15-16/h7-10,15H,4-6,11-12H2,1-3H3. The molecule has 1 aromatic carbocycles. The molecule has 2 rings (SSSR count). The smallest absolute Gasteiger partial charge is 0.126 e. The molecule has 0 heterocycles. The third-order valence-electron chi connectivity index (χ3n) is 4.57. The van der Waals surface area contributed by atoms with Gasteiger partial charge in [0.15, 0.2) is 0 Å². The molecule has 0 saturated heterocycles. The first kappa shape index (κ1) is 14.2. The van der Waals surface area contributed by atoms with E-state index in [0.717, 1.165) is 12.8 Å². The van der Waals surface area contributed by atoms with Crippen molar-refractivity contribution in [3.63, 3.8) is 0 Å². The van der Waals surface area contributed by atoms with Crippen LogP contribution in [0, 0.1) is 11.5 Å². The fraction of sp³-hybridized carbons (Fsp3) is 0.444. The molecule has 0 amide bonds. The van der Waals surface area contributed by atoms with Gasteiger partial charge < -0.3 is 0 Å². The molecule has 19 heavy (non-hydrogen) atoms. The Hall–Kier alpha value is -1.26. The molecule has 0 spiro atoms. The van der Waals surface area contributed by atoms with Crippen LogP contribution >= 0.6 is 0 Å². The molecule has 0 atom stereocenters. The van der Waals surface area contributed by atoms with Crippen molar-refractivity contribution in [1.82, 2.24) is 0 Å². The maximum Gasteiger partial charge on any atom is 0.138 e. The van der Waals surface area contributed by atoms with Gasteiger partial charge >= 0.3 is 0 Å². The number of rotatable bonds is 3. The summed E-state index contributed by atoms with van der Waals surface area (Å²) in [6.07, 6.45) is 4.56. The molecule has 100 valence electrons. The highest BCUT2D eigenvalue weighted by molar-refractivity contribution is 6.87. The molecule has 1 aliphatic rings. The molecule has 1 aliphatic carbocycles. The Morgan fingerprint density at radius 1 is 1.00 bits per heavy atom. The lowest BCUT2D eigenvalue weighted by Gasteiger charge is -2.20.